The summed E-state index contributed by atoms with van der Waals surface area (Å²) in [6, 6.07) is 0.845. The van der Waals surface area contributed by atoms with Gasteiger partial charge in [0, 0.05) is 19.3 Å². The van der Waals surface area contributed by atoms with Crippen molar-refractivity contribution < 1.29 is 0 Å². The van der Waals surface area contributed by atoms with Crippen molar-refractivity contribution in [2.75, 3.05) is 13.1 Å². The molecule has 1 atom stereocenters. The Morgan fingerprint density at radius 1 is 1.27 bits per heavy atom. The van der Waals surface area contributed by atoms with Crippen LogP contribution in [0.15, 0.2) is 0 Å². The largest absolute Gasteiger partial charge is 0.168 e. The van der Waals surface area contributed by atoms with Crippen molar-refractivity contribution in [1.29, 1.82) is 0 Å². The number of hydrogen-bond acceptors (Lipinski definition) is 1. The summed E-state index contributed by atoms with van der Waals surface area (Å²) < 4.78 is 0. The van der Waals surface area contributed by atoms with Crippen LogP contribution in [0, 0.1) is 0 Å². The number of hydrogen-bond donors (Lipinski definition) is 0. The van der Waals surface area contributed by atoms with Crippen LogP contribution in [0.4, 0.5) is 0 Å². The van der Waals surface area contributed by atoms with Gasteiger partial charge in [0.05, 0.1) is 0 Å². The molecule has 1 radical (unpaired) electrons. The molecule has 65 valence electrons. The van der Waals surface area contributed by atoms with Crippen LogP contribution in [-0.2, 0) is 0 Å². The molecule has 1 aliphatic rings. The zero-order valence-electron chi connectivity index (χ0n) is 7.97. The Morgan fingerprint density at radius 3 is 2.45 bits per heavy atom. The van der Waals surface area contributed by atoms with E-state index >= 15 is 0 Å². The zero-order valence-corrected chi connectivity index (χ0v) is 7.97. The molecule has 0 spiro atoms. The van der Waals surface area contributed by atoms with E-state index in [0.717, 1.165) is 6.04 Å². The molecule has 11 heavy (non-hydrogen) atoms. The van der Waals surface area contributed by atoms with Gasteiger partial charge in [-0.3, -0.25) is 0 Å². The molecule has 0 aromatic carbocycles. The minimum atomic E-state index is 0.845. The van der Waals surface area contributed by atoms with E-state index in [1.54, 1.807) is 0 Å². The summed E-state index contributed by atoms with van der Waals surface area (Å²) in [4.78, 5) is 2.63. The fourth-order valence-electron chi connectivity index (χ4n) is 1.86. The van der Waals surface area contributed by atoms with Gasteiger partial charge in [-0.1, -0.05) is 13.3 Å². The Hall–Kier alpha value is -0.0400. The van der Waals surface area contributed by atoms with Crippen LogP contribution in [0.1, 0.15) is 46.0 Å². The average Bonchev–Trinajstić information content (AvgIpc) is 2.52. The fourth-order valence-corrected chi connectivity index (χ4v) is 1.86. The summed E-state index contributed by atoms with van der Waals surface area (Å²) in [5.41, 5.74) is 0. The first kappa shape index (κ1) is 9.05. The maximum absolute atomic E-state index is 2.63. The molecule has 1 nitrogen and oxygen atoms in total. The molecule has 0 N–H and O–H groups in total. The van der Waals surface area contributed by atoms with E-state index in [-0.39, 0.29) is 0 Å². The highest BCUT2D eigenvalue weighted by molar-refractivity contribution is 4.77. The predicted octanol–water partition coefficient (Wildman–Crippen LogP) is 2.50. The first-order valence-electron chi connectivity index (χ1n) is 5.08. The topological polar surface area (TPSA) is 5.90 Å². The third-order valence-electron chi connectivity index (χ3n) is 2.74. The lowest BCUT2D eigenvalue weighted by Gasteiger charge is -2.12. The minimum absolute atomic E-state index is 0.845. The molecule has 1 saturated heterocycles. The van der Waals surface area contributed by atoms with E-state index < -0.39 is 0 Å². The molecule has 1 rings (SSSR count). The van der Waals surface area contributed by atoms with Crippen molar-refractivity contribution in [3.63, 3.8) is 0 Å². The Morgan fingerprint density at radius 2 is 1.91 bits per heavy atom. The van der Waals surface area contributed by atoms with Crippen molar-refractivity contribution in [3.8, 4) is 0 Å². The van der Waals surface area contributed by atoms with Crippen LogP contribution in [-0.4, -0.2) is 19.1 Å². The molecule has 0 aliphatic carbocycles. The third-order valence-corrected chi connectivity index (χ3v) is 2.74. The number of likely N-dealkylation sites (tertiary alicyclic amines) is 1. The molecule has 1 aliphatic heterocycles. The van der Waals surface area contributed by atoms with E-state index in [0.29, 0.717) is 0 Å². The quantitative estimate of drug-likeness (QED) is 0.550. The molecule has 0 amide bonds. The van der Waals surface area contributed by atoms with Crippen LogP contribution in [0.5, 0.6) is 0 Å². The number of nitrogens with zero attached hydrogens (tertiary/aromatic N) is 1. The van der Waals surface area contributed by atoms with Crippen LogP contribution >= 0.6 is 0 Å². The first-order valence-corrected chi connectivity index (χ1v) is 5.08. The maximum Gasteiger partial charge on any atom is 0.130 e. The monoisotopic (exact) mass is 155 g/mol. The lowest BCUT2D eigenvalue weighted by atomic mass is 10.1. The second kappa shape index (κ2) is 4.76. The minimum Gasteiger partial charge on any atom is -0.168 e. The van der Waals surface area contributed by atoms with Gasteiger partial charge in [-0.25, -0.2) is 0 Å². The number of rotatable bonds is 4. The van der Waals surface area contributed by atoms with Gasteiger partial charge in [-0.15, -0.1) is 0 Å². The van der Waals surface area contributed by atoms with Crippen LogP contribution in [0.25, 0.3) is 0 Å². The second-order valence-corrected chi connectivity index (χ2v) is 3.73. The molecule has 0 aromatic heterocycles. The molecule has 1 unspecified atom stereocenters. The van der Waals surface area contributed by atoms with Crippen molar-refractivity contribution in [2.24, 2.45) is 0 Å². The second-order valence-electron chi connectivity index (χ2n) is 3.73. The van der Waals surface area contributed by atoms with Crippen molar-refractivity contribution in [1.82, 2.24) is 4.90 Å². The van der Waals surface area contributed by atoms with Crippen LogP contribution < -0.4 is 4.90 Å². The first-order chi connectivity index (χ1) is 5.34. The highest BCUT2D eigenvalue weighted by Crippen LogP contribution is 2.12. The standard InChI is InChI=1S/C10H21N/c1-3-4-7-10(2)11-8-5-6-9-11/h10H,3-9H2,1-2H3/q+1. The Labute approximate surface area is 70.8 Å². The van der Waals surface area contributed by atoms with Crippen molar-refractivity contribution in [2.45, 2.75) is 52.0 Å². The SMILES string of the molecule is CCCCC(C)[N+]1CCCC1. The van der Waals surface area contributed by atoms with Crippen molar-refractivity contribution >= 4 is 0 Å². The summed E-state index contributed by atoms with van der Waals surface area (Å²) in [5.74, 6) is 0. The highest BCUT2D eigenvalue weighted by atomic mass is 15.2. The molecular weight excluding hydrogens is 134 g/mol. The molecule has 1 heteroatoms. The van der Waals surface area contributed by atoms with Crippen LogP contribution in [0.2, 0.25) is 0 Å². The molecule has 1 heterocycles. The fraction of sp³-hybridized carbons (Fsp3) is 1.00. The average molecular weight is 155 g/mol. The zero-order chi connectivity index (χ0) is 8.10. The van der Waals surface area contributed by atoms with E-state index in [2.05, 4.69) is 18.7 Å². The van der Waals surface area contributed by atoms with Gasteiger partial charge in [0.2, 0.25) is 0 Å². The lowest BCUT2D eigenvalue weighted by Crippen LogP contribution is -2.35. The van der Waals surface area contributed by atoms with Gasteiger partial charge >= 0.3 is 0 Å². The van der Waals surface area contributed by atoms with Gasteiger partial charge in [-0.05, 0) is 13.3 Å². The maximum atomic E-state index is 2.63. The number of unbranched alkanes of at least 4 members (excludes halogenated alkanes) is 1. The van der Waals surface area contributed by atoms with Gasteiger partial charge in [0.1, 0.15) is 19.1 Å². The van der Waals surface area contributed by atoms with Crippen LogP contribution in [0.3, 0.4) is 0 Å². The summed E-state index contributed by atoms with van der Waals surface area (Å²) >= 11 is 0. The summed E-state index contributed by atoms with van der Waals surface area (Å²) in [5, 5.41) is 0. The predicted molar refractivity (Wildman–Crippen MR) is 50.1 cm³/mol. The summed E-state index contributed by atoms with van der Waals surface area (Å²) in [6.45, 7) is 7.35. The highest BCUT2D eigenvalue weighted by Gasteiger charge is 2.26. The Kier molecular flexibility index (Phi) is 3.92. The molecular formula is C10H21N+. The third kappa shape index (κ3) is 2.82. The molecule has 0 aromatic rings. The van der Waals surface area contributed by atoms with E-state index in [1.807, 2.05) is 0 Å². The van der Waals surface area contributed by atoms with Gasteiger partial charge in [0.25, 0.3) is 0 Å². The van der Waals surface area contributed by atoms with Crippen molar-refractivity contribution in [3.05, 3.63) is 0 Å². The summed E-state index contributed by atoms with van der Waals surface area (Å²) in [7, 11) is 0. The summed E-state index contributed by atoms with van der Waals surface area (Å²) in [6.07, 6.45) is 7.00. The molecule has 0 bridgehead atoms. The van der Waals surface area contributed by atoms with Gasteiger partial charge < -0.3 is 0 Å². The van der Waals surface area contributed by atoms with Gasteiger partial charge in [-0.2, -0.15) is 4.90 Å². The Balaban J connectivity index is 2.12. The molecule has 0 saturated carbocycles. The lowest BCUT2D eigenvalue weighted by molar-refractivity contribution is 0.362. The normalized spacial score (nSPS) is 22.4. The van der Waals surface area contributed by atoms with E-state index in [1.165, 1.54) is 45.2 Å². The Bertz CT molecular complexity index is 95.0. The smallest absolute Gasteiger partial charge is 0.130 e. The molecule has 1 fully saturated rings. The van der Waals surface area contributed by atoms with E-state index in [4.69, 9.17) is 0 Å². The van der Waals surface area contributed by atoms with Gasteiger partial charge in [0.15, 0.2) is 0 Å². The van der Waals surface area contributed by atoms with E-state index in [9.17, 15) is 0 Å².